The van der Waals surface area contributed by atoms with Crippen molar-refractivity contribution < 1.29 is 63.9 Å². The van der Waals surface area contributed by atoms with Gasteiger partial charge in [-0.2, -0.15) is 0 Å². The Bertz CT molecular complexity index is 2990. The van der Waals surface area contributed by atoms with Gasteiger partial charge in [-0.05, 0) is 111 Å². The van der Waals surface area contributed by atoms with Gasteiger partial charge in [-0.3, -0.25) is 0 Å². The van der Waals surface area contributed by atoms with Gasteiger partial charge in [-0.15, -0.1) is 13.2 Å². The second-order valence-corrected chi connectivity index (χ2v) is 22.1. The van der Waals surface area contributed by atoms with Gasteiger partial charge in [0, 0.05) is 10.7 Å². The Hall–Kier alpha value is -5.98. The molecule has 408 valence electrons. The monoisotopic (exact) mass is 1110 g/mol. The van der Waals surface area contributed by atoms with Crippen molar-refractivity contribution in [2.45, 2.75) is 80.2 Å². The number of nitrogens with zero attached hydrogens (tertiary/aromatic N) is 3. The predicted octanol–water partition coefficient (Wildman–Crippen LogP) is 9.22. The molecule has 4 heterocycles. The van der Waals surface area contributed by atoms with Gasteiger partial charge < -0.3 is 54.3 Å². The highest BCUT2D eigenvalue weighted by molar-refractivity contribution is 8.13. The number of anilines is 4. The molecule has 22 heteroatoms. The van der Waals surface area contributed by atoms with Crippen molar-refractivity contribution in [1.82, 2.24) is 9.62 Å². The highest BCUT2D eigenvalue weighted by atomic mass is 35.7. The van der Waals surface area contributed by atoms with E-state index in [2.05, 4.69) is 40.0 Å². The van der Waals surface area contributed by atoms with E-state index in [9.17, 15) is 40.2 Å². The van der Waals surface area contributed by atoms with E-state index in [0.29, 0.717) is 36.1 Å². The van der Waals surface area contributed by atoms with Crippen molar-refractivity contribution in [1.29, 1.82) is 0 Å². The van der Waals surface area contributed by atoms with Crippen LogP contribution in [0.5, 0.6) is 28.7 Å². The zero-order chi connectivity index (χ0) is 54.8. The zero-order valence-corrected chi connectivity index (χ0v) is 44.5. The van der Waals surface area contributed by atoms with Crippen LogP contribution >= 0.6 is 10.7 Å². The summed E-state index contributed by atoms with van der Waals surface area (Å²) in [7, 11) is -2.66. The summed E-state index contributed by atoms with van der Waals surface area (Å²) in [6.07, 6.45) is -6.75. The Morgan fingerprint density at radius 1 is 0.618 bits per heavy atom. The highest BCUT2D eigenvalue weighted by Crippen LogP contribution is 2.49. The number of aliphatic hydroxyl groups is 2. The number of halogens is 4. The van der Waals surface area contributed by atoms with Crippen LogP contribution < -0.4 is 34.5 Å². The van der Waals surface area contributed by atoms with Crippen LogP contribution in [-0.4, -0.2) is 121 Å². The number of benzene rings is 6. The number of sulfonamides is 1. The molecule has 10 rings (SSSR count). The SMILES string of the molecule is CCN(CC)CC.Cc1ccc(S(=O)(=O)Cl)cc1.N[C@H]1COCC(N2c3ccccc3Oc3ccccc32)[C@@H]1O.O=S(=O)(N[C@H]1COCC(N2c3ccccc3Oc3ccccc32)[C@@H]1O)c1ccc(OC(F)(F)F)cc1. The molecule has 0 aromatic heterocycles. The van der Waals surface area contributed by atoms with E-state index in [1.165, 1.54) is 31.8 Å². The minimum atomic E-state index is -4.89. The summed E-state index contributed by atoms with van der Waals surface area (Å²) in [5.41, 5.74) is 10.2. The van der Waals surface area contributed by atoms with Crippen molar-refractivity contribution in [3.8, 4) is 28.7 Å². The molecule has 4 aliphatic rings. The van der Waals surface area contributed by atoms with Gasteiger partial charge in [0.05, 0.1) is 95.3 Å². The second kappa shape index (κ2) is 25.4. The molecule has 0 radical (unpaired) electrons. The first-order valence-corrected chi connectivity index (χ1v) is 28.2. The van der Waals surface area contributed by atoms with E-state index < -0.39 is 55.5 Å². The van der Waals surface area contributed by atoms with E-state index in [0.717, 1.165) is 52.7 Å². The minimum absolute atomic E-state index is 0.0974. The van der Waals surface area contributed by atoms with Crippen LogP contribution in [-0.2, 0) is 28.5 Å². The zero-order valence-electron chi connectivity index (χ0n) is 42.1. The summed E-state index contributed by atoms with van der Waals surface area (Å²) in [4.78, 5) is 6.18. The van der Waals surface area contributed by atoms with Crippen molar-refractivity contribution in [2.75, 3.05) is 55.9 Å². The number of fused-ring (bicyclic) bond motifs is 4. The maximum Gasteiger partial charge on any atom is 0.573 e. The average molecular weight is 1110 g/mol. The van der Waals surface area contributed by atoms with E-state index >= 15 is 0 Å². The summed E-state index contributed by atoms with van der Waals surface area (Å²) in [5, 5.41) is 21.8. The molecule has 4 aliphatic heterocycles. The smallest absolute Gasteiger partial charge is 0.453 e. The average Bonchev–Trinajstić information content (AvgIpc) is 3.41. The number of aliphatic hydroxyl groups excluding tert-OH is 2. The van der Waals surface area contributed by atoms with E-state index in [-0.39, 0.29) is 35.1 Å². The molecule has 2 unspecified atom stereocenters. The maximum atomic E-state index is 12.9. The molecule has 6 aromatic carbocycles. The minimum Gasteiger partial charge on any atom is -0.453 e. The van der Waals surface area contributed by atoms with Gasteiger partial charge in [-0.25, -0.2) is 21.6 Å². The molecule has 0 bridgehead atoms. The Kier molecular flexibility index (Phi) is 19.3. The maximum absolute atomic E-state index is 12.9. The van der Waals surface area contributed by atoms with Gasteiger partial charge in [-0.1, -0.05) is 87.0 Å². The molecule has 6 aromatic rings. The van der Waals surface area contributed by atoms with Crippen LogP contribution in [0.1, 0.15) is 26.3 Å². The first kappa shape index (κ1) is 57.7. The first-order chi connectivity index (χ1) is 36.2. The molecule has 0 saturated carbocycles. The van der Waals surface area contributed by atoms with Crippen LogP contribution in [0.3, 0.4) is 0 Å². The number of hydrogen-bond acceptors (Lipinski definition) is 15. The second-order valence-electron chi connectivity index (χ2n) is 17.8. The summed E-state index contributed by atoms with van der Waals surface area (Å²) >= 11 is 0. The lowest BCUT2D eigenvalue weighted by atomic mass is 9.98. The van der Waals surface area contributed by atoms with Gasteiger partial charge in [0.25, 0.3) is 9.05 Å². The number of ether oxygens (including phenoxy) is 5. The van der Waals surface area contributed by atoms with Crippen LogP contribution in [0, 0.1) is 6.92 Å². The Balaban J connectivity index is 0.000000176. The number of hydrogen-bond donors (Lipinski definition) is 4. The van der Waals surface area contributed by atoms with Crippen molar-refractivity contribution in [2.24, 2.45) is 5.73 Å². The number of nitrogens with one attached hydrogen (secondary N) is 1. The number of rotatable bonds is 10. The fourth-order valence-corrected chi connectivity index (χ4v) is 10.8. The molecule has 6 atom stereocenters. The van der Waals surface area contributed by atoms with Crippen LogP contribution in [0.15, 0.2) is 155 Å². The van der Waals surface area contributed by atoms with E-state index in [1.807, 2.05) is 96.8 Å². The fourth-order valence-electron chi connectivity index (χ4n) is 8.79. The molecule has 0 spiro atoms. The number of nitrogens with two attached hydrogens (primary N) is 1. The third-order valence-electron chi connectivity index (χ3n) is 12.7. The van der Waals surface area contributed by atoms with Gasteiger partial charge in [0.1, 0.15) is 5.75 Å². The van der Waals surface area contributed by atoms with Crippen molar-refractivity contribution in [3.63, 3.8) is 0 Å². The molecule has 2 saturated heterocycles. The normalized spacial score (nSPS) is 20.7. The van der Waals surface area contributed by atoms with Gasteiger partial charge in [0.2, 0.25) is 10.0 Å². The summed E-state index contributed by atoms with van der Waals surface area (Å²) in [6.45, 7) is 12.8. The predicted molar refractivity (Wildman–Crippen MR) is 284 cm³/mol. The lowest BCUT2D eigenvalue weighted by molar-refractivity contribution is -0.274. The van der Waals surface area contributed by atoms with Crippen molar-refractivity contribution in [3.05, 3.63) is 151 Å². The van der Waals surface area contributed by atoms with Crippen LogP contribution in [0.2, 0.25) is 0 Å². The standard InChI is InChI=1S/C24H21F3N2O6S.C17H18N2O3.C7H7ClO2S.C6H15N/c25-24(26,27)35-15-9-11-16(12-10-15)36(31,32)28-17-13-33-14-20(23(17)30)29-18-5-1-3-7-21(18)34-22-8-4-2-6-19(22)29;18-11-9-21-10-14(17(11)20)19-12-5-1-3-7-15(12)22-16-8-4-2-6-13(16)19;1-6-2-4-7(5-3-6)11(8,9)10;1-4-7(5-2)6-3/h1-12,17,20,23,28,30H,13-14H2;1-8,11,14,17,20H,9-10,18H2;2-5H,1H3;4-6H2,1-3H3/t17-,20?,23+;11-,14?,17+;;/m00../s1. The molecular formula is C54H61ClF3N5O11S2. The largest absolute Gasteiger partial charge is 0.573 e. The molecule has 16 nitrogen and oxygen atoms in total. The Morgan fingerprint density at radius 3 is 1.41 bits per heavy atom. The lowest BCUT2D eigenvalue weighted by Gasteiger charge is -2.44. The van der Waals surface area contributed by atoms with E-state index in [4.69, 9.17) is 35.4 Å². The quantitative estimate of drug-likeness (QED) is 0.0945. The first-order valence-electron chi connectivity index (χ1n) is 24.4. The third kappa shape index (κ3) is 14.3. The summed E-state index contributed by atoms with van der Waals surface area (Å²) in [6, 6.07) is 38.0. The molecule has 2 fully saturated rings. The number of alkyl halides is 3. The molecular weight excluding hydrogens is 1050 g/mol. The van der Waals surface area contributed by atoms with Crippen LogP contribution in [0.4, 0.5) is 35.9 Å². The Morgan fingerprint density at radius 2 is 1.01 bits per heavy atom. The summed E-state index contributed by atoms with van der Waals surface area (Å²) in [5.74, 6) is 2.15. The summed E-state index contributed by atoms with van der Waals surface area (Å²) < 4.78 is 114. The molecule has 0 amide bonds. The van der Waals surface area contributed by atoms with Crippen LogP contribution in [0.25, 0.3) is 0 Å². The molecule has 5 N–H and O–H groups in total. The highest BCUT2D eigenvalue weighted by Gasteiger charge is 2.43. The lowest BCUT2D eigenvalue weighted by Crippen LogP contribution is -2.60. The molecule has 76 heavy (non-hydrogen) atoms. The number of para-hydroxylation sites is 8. The number of aryl methyl sites for hydroxylation is 1. The topological polar surface area (TPSA) is 203 Å². The fraction of sp³-hybridized carbons (Fsp3) is 0.333. The van der Waals surface area contributed by atoms with Gasteiger partial charge >= 0.3 is 6.36 Å². The van der Waals surface area contributed by atoms with E-state index in [1.54, 1.807) is 24.3 Å². The van der Waals surface area contributed by atoms with Crippen molar-refractivity contribution >= 4 is 52.5 Å². The Labute approximate surface area is 445 Å². The molecule has 0 aliphatic carbocycles. The van der Waals surface area contributed by atoms with Gasteiger partial charge in [0.15, 0.2) is 23.0 Å². The third-order valence-corrected chi connectivity index (χ3v) is 15.6.